The van der Waals surface area contributed by atoms with Crippen LogP contribution in [-0.4, -0.2) is 102 Å². The molecular formula is C46H53ClN6O8. The van der Waals surface area contributed by atoms with E-state index in [1.165, 1.54) is 19.2 Å². The minimum absolute atomic E-state index is 0.00553. The number of H-pyrrole nitrogens is 1. The number of halogens is 1. The standard InChI is InChI=1S/C46H53ClN6O8/c1-52(44(58)21-26-53-24-19-32(20-25-53)61-46(59)50-37-12-7-6-11-33(37)30-9-4-3-5-10-30)23-8-13-42(56)49-38-28-41(60-2)31(27-36(38)47)18-22-48-29-40(55)34-14-16-39(54)45-35(34)15-17-43(57)51-45/h3-7,9-12,14-17,27-28,32,40,48,54-55H,8,13,18-26,29H2,1-2H3,(H,49,56)(H,50,59)(H,51,57)/t40-/m1/s1. The molecule has 0 unspecified atom stereocenters. The zero-order valence-electron chi connectivity index (χ0n) is 34.4. The lowest BCUT2D eigenvalue weighted by atomic mass is 10.0. The molecular weight excluding hydrogens is 800 g/mol. The van der Waals surface area contributed by atoms with Crippen LogP contribution < -0.4 is 26.2 Å². The molecule has 0 bridgehead atoms. The van der Waals surface area contributed by atoms with Crippen LogP contribution in [0.1, 0.15) is 49.3 Å². The van der Waals surface area contributed by atoms with Gasteiger partial charge in [0.1, 0.15) is 17.6 Å². The van der Waals surface area contributed by atoms with Crippen molar-refractivity contribution in [3.05, 3.63) is 117 Å². The third kappa shape index (κ3) is 12.3. The number of hydrogen-bond acceptors (Lipinski definition) is 10. The summed E-state index contributed by atoms with van der Waals surface area (Å²) >= 11 is 6.58. The van der Waals surface area contributed by atoms with Gasteiger partial charge in [0.25, 0.3) is 0 Å². The minimum Gasteiger partial charge on any atom is -0.506 e. The number of aromatic hydroxyl groups is 1. The largest absolute Gasteiger partial charge is 0.506 e. The number of methoxy groups -OCH3 is 1. The molecule has 0 radical (unpaired) electrons. The Kier molecular flexibility index (Phi) is 15.8. The predicted octanol–water partition coefficient (Wildman–Crippen LogP) is 6.71. The molecule has 0 saturated carbocycles. The number of nitrogens with zero attached hydrogens (tertiary/aromatic N) is 2. The number of para-hydroxylation sites is 1. The van der Waals surface area contributed by atoms with Crippen LogP contribution in [0.3, 0.4) is 0 Å². The molecule has 3 amide bonds. The van der Waals surface area contributed by atoms with Crippen LogP contribution >= 0.6 is 11.6 Å². The van der Waals surface area contributed by atoms with Crippen LogP contribution in [0, 0.1) is 0 Å². The van der Waals surface area contributed by atoms with Crippen molar-refractivity contribution in [1.29, 1.82) is 0 Å². The first kappa shape index (κ1) is 44.6. The number of anilines is 2. The minimum atomic E-state index is -0.899. The van der Waals surface area contributed by atoms with Gasteiger partial charge in [-0.1, -0.05) is 66.2 Å². The number of benzene rings is 4. The van der Waals surface area contributed by atoms with Gasteiger partial charge in [-0.15, -0.1) is 0 Å². The fourth-order valence-corrected chi connectivity index (χ4v) is 7.69. The summed E-state index contributed by atoms with van der Waals surface area (Å²) in [6, 6.07) is 26.9. The van der Waals surface area contributed by atoms with E-state index in [1.54, 1.807) is 36.2 Å². The lowest BCUT2D eigenvalue weighted by Crippen LogP contribution is -2.40. The topological polar surface area (TPSA) is 186 Å². The molecule has 14 nitrogen and oxygen atoms in total. The van der Waals surface area contributed by atoms with Crippen LogP contribution in [-0.2, 0) is 20.7 Å². The average Bonchev–Trinajstić information content (AvgIpc) is 3.26. The Morgan fingerprint density at radius 2 is 1.70 bits per heavy atom. The maximum Gasteiger partial charge on any atom is 0.411 e. The van der Waals surface area contributed by atoms with Crippen molar-refractivity contribution < 1.29 is 34.1 Å². The smallest absolute Gasteiger partial charge is 0.411 e. The molecule has 1 saturated heterocycles. The van der Waals surface area contributed by atoms with Crippen molar-refractivity contribution >= 4 is 51.8 Å². The van der Waals surface area contributed by atoms with Gasteiger partial charge in [0.2, 0.25) is 17.4 Å². The number of amides is 3. The maximum absolute atomic E-state index is 12.9. The van der Waals surface area contributed by atoms with E-state index in [9.17, 15) is 29.4 Å². The number of aromatic amines is 1. The number of likely N-dealkylation sites (tertiary alicyclic amines) is 1. The second-order valence-electron chi connectivity index (χ2n) is 15.1. The summed E-state index contributed by atoms with van der Waals surface area (Å²) in [5.41, 5.74) is 4.33. The molecule has 2 heterocycles. The van der Waals surface area contributed by atoms with Gasteiger partial charge < -0.3 is 45.1 Å². The van der Waals surface area contributed by atoms with E-state index >= 15 is 0 Å². The van der Waals surface area contributed by atoms with Gasteiger partial charge in [-0.05, 0) is 73.2 Å². The third-order valence-electron chi connectivity index (χ3n) is 10.8. The van der Waals surface area contributed by atoms with Gasteiger partial charge in [-0.2, -0.15) is 0 Å². The number of ether oxygens (including phenoxy) is 2. The Balaban J connectivity index is 0.864. The number of aromatic nitrogens is 1. The molecule has 1 aliphatic heterocycles. The third-order valence-corrected chi connectivity index (χ3v) is 11.2. The lowest BCUT2D eigenvalue weighted by Gasteiger charge is -2.31. The SMILES string of the molecule is COc1cc(NC(=O)CCCN(C)C(=O)CCN2CCC(OC(=O)Nc3ccccc3-c3ccccc3)CC2)c(Cl)cc1CCNC[C@@H](O)c1ccc(O)c2[nH]c(=O)ccc12. The van der Waals surface area contributed by atoms with Crippen LogP contribution in [0.25, 0.3) is 22.0 Å². The van der Waals surface area contributed by atoms with E-state index in [0.717, 1.165) is 29.8 Å². The first-order valence-corrected chi connectivity index (χ1v) is 20.8. The molecule has 61 heavy (non-hydrogen) atoms. The number of carbonyl (C=O) groups is 3. The van der Waals surface area contributed by atoms with Crippen LogP contribution in [0.4, 0.5) is 16.2 Å². The molecule has 1 aromatic heterocycles. The highest BCUT2D eigenvalue weighted by atomic mass is 35.5. The monoisotopic (exact) mass is 852 g/mol. The summed E-state index contributed by atoms with van der Waals surface area (Å²) in [7, 11) is 3.28. The maximum atomic E-state index is 12.9. The summed E-state index contributed by atoms with van der Waals surface area (Å²) in [6.45, 7) is 3.16. The normalized spacial score (nSPS) is 13.7. The molecule has 5 aromatic rings. The van der Waals surface area contributed by atoms with Crippen molar-refractivity contribution in [2.24, 2.45) is 0 Å². The summed E-state index contributed by atoms with van der Waals surface area (Å²) in [5.74, 6) is 0.228. The summed E-state index contributed by atoms with van der Waals surface area (Å²) in [5, 5.41) is 30.9. The Labute approximate surface area is 359 Å². The number of aliphatic hydroxyl groups is 1. The Morgan fingerprint density at radius 3 is 2.48 bits per heavy atom. The highest BCUT2D eigenvalue weighted by molar-refractivity contribution is 6.33. The summed E-state index contributed by atoms with van der Waals surface area (Å²) < 4.78 is 11.3. The highest BCUT2D eigenvalue weighted by Crippen LogP contribution is 2.32. The number of carbonyl (C=O) groups excluding carboxylic acids is 3. The van der Waals surface area contributed by atoms with Gasteiger partial charge in [0.05, 0.1) is 35.1 Å². The lowest BCUT2D eigenvalue weighted by molar-refractivity contribution is -0.130. The number of nitrogens with one attached hydrogen (secondary N) is 4. The molecule has 6 N–H and O–H groups in total. The van der Waals surface area contributed by atoms with Gasteiger partial charge in [0.15, 0.2) is 0 Å². The quantitative estimate of drug-likeness (QED) is 0.0518. The fraction of sp³-hybridized carbons (Fsp3) is 0.348. The number of phenols is 1. The number of pyridine rings is 1. The molecule has 1 fully saturated rings. The van der Waals surface area contributed by atoms with Crippen LogP contribution in [0.5, 0.6) is 11.5 Å². The number of aliphatic hydroxyl groups excluding tert-OH is 1. The molecule has 0 spiro atoms. The first-order chi connectivity index (χ1) is 29.5. The number of hydrogen-bond donors (Lipinski definition) is 6. The van der Waals surface area contributed by atoms with E-state index in [2.05, 4.69) is 25.8 Å². The number of phenolic OH excluding ortho intramolecular Hbond substituents is 1. The first-order valence-electron chi connectivity index (χ1n) is 20.5. The average molecular weight is 853 g/mol. The Morgan fingerprint density at radius 1 is 0.951 bits per heavy atom. The predicted molar refractivity (Wildman–Crippen MR) is 237 cm³/mol. The van der Waals surface area contributed by atoms with Crippen molar-refractivity contribution in [3.63, 3.8) is 0 Å². The Hall–Kier alpha value is -5.93. The molecule has 6 rings (SSSR count). The Bertz CT molecular complexity index is 2350. The number of rotatable bonds is 18. The molecule has 1 atom stereocenters. The highest BCUT2D eigenvalue weighted by Gasteiger charge is 2.24. The van der Waals surface area contributed by atoms with Crippen LogP contribution in [0.15, 0.2) is 95.8 Å². The molecule has 1 aliphatic rings. The van der Waals surface area contributed by atoms with E-state index < -0.39 is 12.2 Å². The van der Waals surface area contributed by atoms with Crippen LogP contribution in [0.2, 0.25) is 5.02 Å². The van der Waals surface area contributed by atoms with Gasteiger partial charge in [0, 0.05) is 75.7 Å². The summed E-state index contributed by atoms with van der Waals surface area (Å²) in [4.78, 5) is 56.8. The van der Waals surface area contributed by atoms with Crippen molar-refractivity contribution in [2.75, 3.05) is 64.1 Å². The molecule has 322 valence electrons. The van der Waals surface area contributed by atoms with Gasteiger partial charge >= 0.3 is 6.09 Å². The van der Waals surface area contributed by atoms with Crippen molar-refractivity contribution in [2.45, 2.75) is 50.7 Å². The zero-order chi connectivity index (χ0) is 43.3. The molecule has 15 heteroatoms. The van der Waals surface area contributed by atoms with Gasteiger partial charge in [-0.25, -0.2) is 4.79 Å². The van der Waals surface area contributed by atoms with Crippen molar-refractivity contribution in [1.82, 2.24) is 20.1 Å². The second kappa shape index (κ2) is 21.5. The zero-order valence-corrected chi connectivity index (χ0v) is 35.2. The van der Waals surface area contributed by atoms with E-state index in [4.69, 9.17) is 21.1 Å². The van der Waals surface area contributed by atoms with Gasteiger partial charge in [-0.3, -0.25) is 19.7 Å². The van der Waals surface area contributed by atoms with E-state index in [1.807, 2.05) is 54.6 Å². The molecule has 0 aliphatic carbocycles. The fourth-order valence-electron chi connectivity index (χ4n) is 7.46. The van der Waals surface area contributed by atoms with E-state index in [0.29, 0.717) is 84.8 Å². The molecule has 4 aromatic carbocycles. The number of fused-ring (bicyclic) bond motifs is 1. The summed E-state index contributed by atoms with van der Waals surface area (Å²) in [6.07, 6.45) is 1.31. The second-order valence-corrected chi connectivity index (χ2v) is 15.5. The number of piperidine rings is 1. The van der Waals surface area contributed by atoms with E-state index in [-0.39, 0.29) is 47.7 Å². The van der Waals surface area contributed by atoms with Crippen molar-refractivity contribution in [3.8, 4) is 22.6 Å².